The molecule has 0 atom stereocenters. The van der Waals surface area contributed by atoms with Crippen LogP contribution in [0.5, 0.6) is 0 Å². The first-order valence-corrected chi connectivity index (χ1v) is 4.70. The summed E-state index contributed by atoms with van der Waals surface area (Å²) >= 11 is 0. The van der Waals surface area contributed by atoms with Crippen LogP contribution >= 0.6 is 0 Å². The van der Waals surface area contributed by atoms with Crippen molar-refractivity contribution >= 4 is 9.84 Å². The fourth-order valence-electron chi connectivity index (χ4n) is 0.563. The van der Waals surface area contributed by atoms with E-state index in [1.54, 1.807) is 0 Å². The van der Waals surface area contributed by atoms with Crippen LogP contribution in [0, 0.1) is 0 Å². The summed E-state index contributed by atoms with van der Waals surface area (Å²) in [6.07, 6.45) is -5.16. The Bertz CT molecular complexity index is 490. The van der Waals surface area contributed by atoms with E-state index in [4.69, 9.17) is 0 Å². The summed E-state index contributed by atoms with van der Waals surface area (Å²) in [6.45, 7) is 0. The predicted molar refractivity (Wildman–Crippen MR) is 33.6 cm³/mol. The smallest absolute Gasteiger partial charge is 0.344 e. The zero-order chi connectivity index (χ0) is 12.8. The first-order valence-electron chi connectivity index (χ1n) is 3.22. The van der Waals surface area contributed by atoms with Gasteiger partial charge in [0.25, 0.3) is 9.84 Å². The molecule has 0 fully saturated rings. The molecule has 92 valence electrons. The van der Waals surface area contributed by atoms with Gasteiger partial charge < -0.3 is 15.2 Å². The molecule has 13 heteroatoms. The maximum absolute atomic E-state index is 11.8. The molecule has 0 radical (unpaired) electrons. The maximum Gasteiger partial charge on any atom is 1.00 e. The molecule has 0 aliphatic rings. The van der Waals surface area contributed by atoms with Gasteiger partial charge in [-0.3, -0.25) is 0 Å². The minimum Gasteiger partial charge on any atom is -0.344 e. The number of hydrogen-bond acceptors (Lipinski definition) is 4. The van der Waals surface area contributed by atoms with E-state index in [9.17, 15) is 34.8 Å². The second kappa shape index (κ2) is 5.12. The zero-order valence-corrected chi connectivity index (χ0v) is 11.8. The minimum absolute atomic E-state index is 0. The van der Waals surface area contributed by atoms with Gasteiger partial charge in [-0.05, 0) is 0 Å². The molecule has 1 aromatic heterocycles. The van der Waals surface area contributed by atoms with Gasteiger partial charge in [-0.15, -0.1) is 0 Å². The first-order chi connectivity index (χ1) is 6.96. The standard InChI is InChI=1S/C4F6N3O2S.K/c5-3(6,7)1-11-2(13-12-1)16(14,15)4(8,9)10;/q-1;+1. The van der Waals surface area contributed by atoms with Crippen LogP contribution < -0.4 is 56.4 Å². The Morgan fingerprint density at radius 3 is 1.76 bits per heavy atom. The van der Waals surface area contributed by atoms with Gasteiger partial charge in [-0.1, -0.05) is 0 Å². The normalized spacial score (nSPS) is 13.3. The fraction of sp³-hybridized carbons (Fsp3) is 0.500. The van der Waals surface area contributed by atoms with Gasteiger partial charge in [0.2, 0.25) is 0 Å². The second-order valence-corrected chi connectivity index (χ2v) is 4.20. The number of alkyl halides is 6. The molecule has 0 amide bonds. The third kappa shape index (κ3) is 3.63. The number of hydrogen-bond donors (Lipinski definition) is 0. The first kappa shape index (κ1) is 17.3. The van der Waals surface area contributed by atoms with Gasteiger partial charge in [-0.2, -0.15) is 26.3 Å². The van der Waals surface area contributed by atoms with Gasteiger partial charge in [0.05, 0.1) is 5.82 Å². The largest absolute Gasteiger partial charge is 1.00 e. The SMILES string of the molecule is O=S(=O)(c1nnc(C(F)(F)F)[n-]1)C(F)(F)F.[K+]. The number of sulfone groups is 1. The van der Waals surface area contributed by atoms with Crippen LogP contribution in [-0.4, -0.2) is 24.1 Å². The van der Waals surface area contributed by atoms with Crippen molar-refractivity contribution in [1.82, 2.24) is 15.2 Å². The molecule has 0 aliphatic heterocycles. The number of rotatable bonds is 1. The molecule has 0 bridgehead atoms. The van der Waals surface area contributed by atoms with Crippen molar-refractivity contribution in [2.45, 2.75) is 16.8 Å². The Hall–Kier alpha value is 0.306. The molecular formula is C4F6KN3O2S. The van der Waals surface area contributed by atoms with E-state index in [1.165, 1.54) is 0 Å². The summed E-state index contributed by atoms with van der Waals surface area (Å²) in [4.78, 5) is 2.16. The van der Waals surface area contributed by atoms with Crippen LogP contribution in [0.4, 0.5) is 26.3 Å². The molecule has 0 unspecified atom stereocenters. The van der Waals surface area contributed by atoms with Gasteiger partial charge in [0, 0.05) is 0 Å². The van der Waals surface area contributed by atoms with Crippen molar-refractivity contribution in [1.29, 1.82) is 0 Å². The van der Waals surface area contributed by atoms with Crippen LogP contribution in [0.3, 0.4) is 0 Å². The predicted octanol–water partition coefficient (Wildman–Crippen LogP) is -2.25. The molecule has 0 spiro atoms. The average molecular weight is 307 g/mol. The second-order valence-electron chi connectivity index (χ2n) is 2.36. The van der Waals surface area contributed by atoms with Crippen LogP contribution in [0.15, 0.2) is 5.16 Å². The van der Waals surface area contributed by atoms with Gasteiger partial charge in [0.15, 0.2) is 0 Å². The van der Waals surface area contributed by atoms with E-state index in [0.717, 1.165) is 0 Å². The van der Waals surface area contributed by atoms with E-state index in [2.05, 4.69) is 15.2 Å². The van der Waals surface area contributed by atoms with Crippen molar-refractivity contribution in [3.05, 3.63) is 5.82 Å². The Labute approximate surface area is 132 Å². The van der Waals surface area contributed by atoms with Crippen LogP contribution in [0.25, 0.3) is 0 Å². The number of nitrogens with zero attached hydrogens (tertiary/aromatic N) is 3. The molecular weight excluding hydrogens is 307 g/mol. The monoisotopic (exact) mass is 307 g/mol. The number of aromatic nitrogens is 3. The van der Waals surface area contributed by atoms with Gasteiger partial charge >= 0.3 is 63.1 Å². The minimum atomic E-state index is -6.00. The van der Waals surface area contributed by atoms with E-state index in [-0.39, 0.29) is 51.4 Å². The van der Waals surface area contributed by atoms with Crippen molar-refractivity contribution in [2.24, 2.45) is 0 Å². The molecule has 17 heavy (non-hydrogen) atoms. The third-order valence-electron chi connectivity index (χ3n) is 1.23. The molecule has 1 aromatic rings. The quantitative estimate of drug-likeness (QED) is 0.433. The Balaban J connectivity index is 0.00000256. The van der Waals surface area contributed by atoms with Crippen LogP contribution in [-0.2, 0) is 16.0 Å². The van der Waals surface area contributed by atoms with Crippen molar-refractivity contribution in [3.63, 3.8) is 0 Å². The van der Waals surface area contributed by atoms with E-state index >= 15 is 0 Å². The van der Waals surface area contributed by atoms with Crippen molar-refractivity contribution in [2.75, 3.05) is 0 Å². The molecule has 0 saturated carbocycles. The summed E-state index contributed by atoms with van der Waals surface area (Å²) in [7, 11) is -6.00. The Morgan fingerprint density at radius 2 is 1.47 bits per heavy atom. The number of halogens is 6. The van der Waals surface area contributed by atoms with E-state index in [0.29, 0.717) is 0 Å². The summed E-state index contributed by atoms with van der Waals surface area (Å²) in [6, 6.07) is 0. The molecule has 1 rings (SSSR count). The van der Waals surface area contributed by atoms with Crippen molar-refractivity contribution < 1.29 is 86.1 Å². The van der Waals surface area contributed by atoms with Crippen LogP contribution in [0.1, 0.15) is 5.82 Å². The Kier molecular flexibility index (Phi) is 5.22. The molecule has 5 nitrogen and oxygen atoms in total. The maximum atomic E-state index is 11.8. The van der Waals surface area contributed by atoms with E-state index < -0.39 is 32.5 Å². The summed E-state index contributed by atoms with van der Waals surface area (Å²) in [5.74, 6) is -2.05. The third-order valence-corrected chi connectivity index (χ3v) is 2.49. The summed E-state index contributed by atoms with van der Waals surface area (Å²) in [5.41, 5.74) is -5.77. The summed E-state index contributed by atoms with van der Waals surface area (Å²) < 4.78 is 92.2. The van der Waals surface area contributed by atoms with Gasteiger partial charge in [0.1, 0.15) is 5.16 Å². The fourth-order valence-corrected chi connectivity index (χ4v) is 1.12. The zero-order valence-electron chi connectivity index (χ0n) is 7.83. The van der Waals surface area contributed by atoms with E-state index in [1.807, 2.05) is 0 Å². The van der Waals surface area contributed by atoms with Gasteiger partial charge in [-0.25, -0.2) is 8.42 Å². The average Bonchev–Trinajstić information content (AvgIpc) is 2.47. The summed E-state index contributed by atoms with van der Waals surface area (Å²) in [5, 5.41) is 2.41. The van der Waals surface area contributed by atoms with Crippen LogP contribution in [0.2, 0.25) is 0 Å². The molecule has 0 saturated heterocycles. The molecule has 0 N–H and O–H groups in total. The topological polar surface area (TPSA) is 74.0 Å². The molecule has 0 aliphatic carbocycles. The molecule has 1 heterocycles. The van der Waals surface area contributed by atoms with Crippen molar-refractivity contribution in [3.8, 4) is 0 Å². The Morgan fingerprint density at radius 1 is 1.00 bits per heavy atom. The molecule has 0 aromatic carbocycles.